The van der Waals surface area contributed by atoms with Gasteiger partial charge in [0.2, 0.25) is 0 Å². The molecule has 2 aromatic rings. The van der Waals surface area contributed by atoms with Crippen LogP contribution in [0.15, 0.2) is 48.5 Å². The average molecular weight is 501 g/mol. The van der Waals surface area contributed by atoms with Gasteiger partial charge in [-0.05, 0) is 48.4 Å². The number of benzene rings is 2. The van der Waals surface area contributed by atoms with Crippen molar-refractivity contribution in [2.45, 2.75) is 57.0 Å². The minimum absolute atomic E-state index is 0.136. The third-order valence-electron chi connectivity index (χ3n) is 7.42. The first kappa shape index (κ1) is 28.7. The average Bonchev–Trinajstić information content (AvgIpc) is 2.93. The molecule has 0 saturated carbocycles. The third-order valence-corrected chi connectivity index (χ3v) is 7.42. The second kappa shape index (κ2) is 14.8. The smallest absolute Gasteiger partial charge is 0.169 e. The number of methoxy groups -OCH3 is 5. The van der Waals surface area contributed by atoms with Crippen LogP contribution in [0.2, 0.25) is 0 Å². The summed E-state index contributed by atoms with van der Waals surface area (Å²) in [5.74, 6) is 0. The van der Waals surface area contributed by atoms with Crippen molar-refractivity contribution in [3.63, 3.8) is 0 Å². The van der Waals surface area contributed by atoms with E-state index in [2.05, 4.69) is 65.7 Å². The molecule has 200 valence electrons. The molecule has 0 saturated heterocycles. The minimum Gasteiger partial charge on any atom is -0.379 e. The monoisotopic (exact) mass is 500 g/mol. The number of fused-ring (bicyclic) bond motifs is 2. The lowest BCUT2D eigenvalue weighted by Gasteiger charge is -2.36. The molecule has 0 amide bonds. The molecule has 7 heteroatoms. The Morgan fingerprint density at radius 3 is 2.00 bits per heavy atom. The van der Waals surface area contributed by atoms with Crippen molar-refractivity contribution in [1.82, 2.24) is 10.2 Å². The van der Waals surface area contributed by atoms with Crippen LogP contribution >= 0.6 is 0 Å². The number of rotatable bonds is 10. The summed E-state index contributed by atoms with van der Waals surface area (Å²) in [6.45, 7) is 4.79. The molecule has 0 aromatic heterocycles. The Kier molecular flexibility index (Phi) is 11.8. The fourth-order valence-corrected chi connectivity index (χ4v) is 5.22. The number of ether oxygens (including phenoxy) is 5. The van der Waals surface area contributed by atoms with Crippen LogP contribution in [-0.4, -0.2) is 78.8 Å². The SMILES string of the molecule is COC(CN1CCc2ccccc2[C@@H]1C)OC.COC(CN[C@@H]1c2ccccc2CC[C@@H]1OC)OC. The number of nitrogens with one attached hydrogen (secondary N) is 1. The predicted octanol–water partition coefficient (Wildman–Crippen LogP) is 4.12. The van der Waals surface area contributed by atoms with Crippen LogP contribution in [0.1, 0.15) is 47.7 Å². The van der Waals surface area contributed by atoms with E-state index in [0.717, 1.165) is 32.4 Å². The maximum atomic E-state index is 5.62. The van der Waals surface area contributed by atoms with Crippen LogP contribution in [0, 0.1) is 0 Å². The van der Waals surface area contributed by atoms with Crippen LogP contribution in [-0.2, 0) is 36.5 Å². The first-order valence-electron chi connectivity index (χ1n) is 12.8. The molecule has 4 rings (SSSR count). The quantitative estimate of drug-likeness (QED) is 0.493. The van der Waals surface area contributed by atoms with E-state index in [4.69, 9.17) is 23.7 Å². The normalized spacial score (nSPS) is 21.6. The lowest BCUT2D eigenvalue weighted by Crippen LogP contribution is -2.41. The number of hydrogen-bond donors (Lipinski definition) is 1. The van der Waals surface area contributed by atoms with Crippen LogP contribution in [0.4, 0.5) is 0 Å². The lowest BCUT2D eigenvalue weighted by atomic mass is 9.85. The Labute approximate surface area is 217 Å². The van der Waals surface area contributed by atoms with E-state index in [9.17, 15) is 0 Å². The summed E-state index contributed by atoms with van der Waals surface area (Å²) in [4.78, 5) is 2.42. The molecule has 2 aromatic carbocycles. The Bertz CT molecular complexity index is 903. The van der Waals surface area contributed by atoms with Crippen molar-refractivity contribution in [1.29, 1.82) is 0 Å². The summed E-state index contributed by atoms with van der Waals surface area (Å²) in [6, 6.07) is 17.9. The van der Waals surface area contributed by atoms with Gasteiger partial charge in [-0.3, -0.25) is 4.90 Å². The standard InChI is InChI=1S/C15H23NO3.C14H21NO2/c1-17-13-9-8-11-6-4-5-7-12(11)15(13)16-10-14(18-2)19-3;1-11-13-7-5-4-6-12(13)8-9-15(11)10-14(16-2)17-3/h4-7,13-16H,8-10H2,1-3H3;4-7,11,14H,8-10H2,1-3H3/t13-,15+;11-/m00/s1. The van der Waals surface area contributed by atoms with E-state index in [1.54, 1.807) is 35.5 Å². The molecule has 1 heterocycles. The first-order chi connectivity index (χ1) is 17.6. The third kappa shape index (κ3) is 7.35. The zero-order valence-electron chi connectivity index (χ0n) is 22.7. The van der Waals surface area contributed by atoms with Gasteiger partial charge in [-0.2, -0.15) is 0 Å². The highest BCUT2D eigenvalue weighted by atomic mass is 16.7. The summed E-state index contributed by atoms with van der Waals surface area (Å²) in [5.41, 5.74) is 5.64. The molecule has 7 nitrogen and oxygen atoms in total. The van der Waals surface area contributed by atoms with Gasteiger partial charge in [0.05, 0.1) is 18.7 Å². The molecule has 1 aliphatic carbocycles. The van der Waals surface area contributed by atoms with Crippen LogP contribution in [0.3, 0.4) is 0 Å². The number of aryl methyl sites for hydroxylation is 1. The van der Waals surface area contributed by atoms with Gasteiger partial charge in [-0.15, -0.1) is 0 Å². The van der Waals surface area contributed by atoms with Crippen LogP contribution < -0.4 is 5.32 Å². The summed E-state index contributed by atoms with van der Waals surface area (Å²) < 4.78 is 26.6. The maximum Gasteiger partial charge on any atom is 0.169 e. The maximum absolute atomic E-state index is 5.62. The van der Waals surface area contributed by atoms with Crippen molar-refractivity contribution in [2.24, 2.45) is 0 Å². The molecule has 0 radical (unpaired) electrons. The lowest BCUT2D eigenvalue weighted by molar-refractivity contribution is -0.120. The van der Waals surface area contributed by atoms with E-state index < -0.39 is 0 Å². The Hall–Kier alpha value is -1.84. The second-order valence-electron chi connectivity index (χ2n) is 9.32. The van der Waals surface area contributed by atoms with E-state index in [1.807, 2.05) is 0 Å². The molecule has 0 unspecified atom stereocenters. The van der Waals surface area contributed by atoms with Crippen LogP contribution in [0.5, 0.6) is 0 Å². The topological polar surface area (TPSA) is 61.4 Å². The van der Waals surface area contributed by atoms with Gasteiger partial charge in [0.25, 0.3) is 0 Å². The van der Waals surface area contributed by atoms with Gasteiger partial charge >= 0.3 is 0 Å². The molecule has 1 aliphatic heterocycles. The highest BCUT2D eigenvalue weighted by Gasteiger charge is 2.29. The first-order valence-corrected chi connectivity index (χ1v) is 12.8. The van der Waals surface area contributed by atoms with Gasteiger partial charge in [-0.25, -0.2) is 0 Å². The van der Waals surface area contributed by atoms with Gasteiger partial charge in [-0.1, -0.05) is 48.5 Å². The van der Waals surface area contributed by atoms with Gasteiger partial charge in [0.15, 0.2) is 12.6 Å². The molecule has 3 atom stereocenters. The van der Waals surface area contributed by atoms with E-state index in [0.29, 0.717) is 12.6 Å². The Morgan fingerprint density at radius 1 is 0.806 bits per heavy atom. The van der Waals surface area contributed by atoms with Gasteiger partial charge in [0.1, 0.15) is 0 Å². The molecule has 36 heavy (non-hydrogen) atoms. The zero-order chi connectivity index (χ0) is 25.9. The summed E-state index contributed by atoms with van der Waals surface area (Å²) in [6.07, 6.45) is 3.06. The minimum atomic E-state index is -0.230. The van der Waals surface area contributed by atoms with Crippen molar-refractivity contribution in [2.75, 3.05) is 55.2 Å². The van der Waals surface area contributed by atoms with E-state index in [-0.39, 0.29) is 24.7 Å². The molecular formula is C29H44N2O5. The van der Waals surface area contributed by atoms with Crippen molar-refractivity contribution < 1.29 is 23.7 Å². The van der Waals surface area contributed by atoms with E-state index in [1.165, 1.54) is 22.3 Å². The zero-order valence-corrected chi connectivity index (χ0v) is 22.7. The molecule has 0 spiro atoms. The number of hydrogen-bond acceptors (Lipinski definition) is 7. The van der Waals surface area contributed by atoms with E-state index >= 15 is 0 Å². The largest absolute Gasteiger partial charge is 0.379 e. The Morgan fingerprint density at radius 2 is 1.39 bits per heavy atom. The van der Waals surface area contributed by atoms with Gasteiger partial charge in [0, 0.05) is 54.7 Å². The second-order valence-corrected chi connectivity index (χ2v) is 9.32. The molecule has 1 N–H and O–H groups in total. The highest BCUT2D eigenvalue weighted by Crippen LogP contribution is 2.31. The fraction of sp³-hybridized carbons (Fsp3) is 0.586. The summed E-state index contributed by atoms with van der Waals surface area (Å²) >= 11 is 0. The molecule has 0 fully saturated rings. The molecule has 0 bridgehead atoms. The van der Waals surface area contributed by atoms with Crippen molar-refractivity contribution >= 4 is 0 Å². The fourth-order valence-electron chi connectivity index (χ4n) is 5.22. The van der Waals surface area contributed by atoms with Crippen LogP contribution in [0.25, 0.3) is 0 Å². The highest BCUT2D eigenvalue weighted by molar-refractivity contribution is 5.34. The predicted molar refractivity (Wildman–Crippen MR) is 142 cm³/mol. The summed E-state index contributed by atoms with van der Waals surface area (Å²) in [7, 11) is 8.46. The van der Waals surface area contributed by atoms with Gasteiger partial charge < -0.3 is 29.0 Å². The summed E-state index contributed by atoms with van der Waals surface area (Å²) in [5, 5.41) is 3.51. The van der Waals surface area contributed by atoms with Crippen molar-refractivity contribution in [3.8, 4) is 0 Å². The Balaban J connectivity index is 0.000000202. The number of nitrogens with zero attached hydrogens (tertiary/aromatic N) is 1. The van der Waals surface area contributed by atoms with Crippen molar-refractivity contribution in [3.05, 3.63) is 70.8 Å². The molecule has 2 aliphatic rings. The molecular weight excluding hydrogens is 456 g/mol.